The van der Waals surface area contributed by atoms with Gasteiger partial charge in [0, 0.05) is 23.3 Å². The molecule has 1 amide bonds. The number of likely N-dealkylation sites (N-methyl/N-ethyl adjacent to an activating group) is 1. The van der Waals surface area contributed by atoms with Crippen molar-refractivity contribution in [2.75, 3.05) is 26.4 Å². The molecule has 5 heteroatoms. The number of amides is 1. The molecule has 0 saturated carbocycles. The fourth-order valence-electron chi connectivity index (χ4n) is 2.18. The van der Waals surface area contributed by atoms with Crippen LogP contribution in [0, 0.1) is 5.92 Å². The third kappa shape index (κ3) is 5.39. The Balaban J connectivity index is 2.81. The number of carbonyl (C=O) groups is 1. The van der Waals surface area contributed by atoms with Crippen molar-refractivity contribution in [3.63, 3.8) is 0 Å². The van der Waals surface area contributed by atoms with E-state index in [0.717, 1.165) is 13.0 Å². The Morgan fingerprint density at radius 2 is 2.05 bits per heavy atom. The van der Waals surface area contributed by atoms with Crippen LogP contribution in [0.15, 0.2) is 18.2 Å². The van der Waals surface area contributed by atoms with Crippen LogP contribution in [-0.2, 0) is 0 Å². The largest absolute Gasteiger partial charge is 0.398 e. The van der Waals surface area contributed by atoms with Gasteiger partial charge in [0.1, 0.15) is 0 Å². The molecule has 1 rings (SSSR count). The van der Waals surface area contributed by atoms with Crippen molar-refractivity contribution in [2.45, 2.75) is 26.3 Å². The Morgan fingerprint density at radius 3 is 2.60 bits per heavy atom. The lowest BCUT2D eigenvalue weighted by atomic mass is 10.0. The smallest absolute Gasteiger partial charge is 0.253 e. The Labute approximate surface area is 126 Å². The molecule has 1 aromatic carbocycles. The van der Waals surface area contributed by atoms with Crippen LogP contribution in [0.1, 0.15) is 30.6 Å². The first-order chi connectivity index (χ1) is 9.29. The molecule has 0 aliphatic heterocycles. The number of anilines is 1. The second-order valence-corrected chi connectivity index (χ2v) is 6.23. The number of hydrogen-bond acceptors (Lipinski definition) is 3. The molecule has 0 saturated heterocycles. The van der Waals surface area contributed by atoms with E-state index in [2.05, 4.69) is 24.1 Å². The van der Waals surface area contributed by atoms with Crippen molar-refractivity contribution in [2.24, 2.45) is 5.92 Å². The Bertz CT molecular complexity index is 450. The maximum absolute atomic E-state index is 12.3. The van der Waals surface area contributed by atoms with Gasteiger partial charge in [-0.15, -0.1) is 0 Å². The molecular formula is C15H24ClN3O. The summed E-state index contributed by atoms with van der Waals surface area (Å²) in [5, 5.41) is 3.56. The molecule has 0 aliphatic rings. The van der Waals surface area contributed by atoms with E-state index in [4.69, 9.17) is 17.3 Å². The van der Waals surface area contributed by atoms with Gasteiger partial charge in [-0.2, -0.15) is 0 Å². The van der Waals surface area contributed by atoms with E-state index in [-0.39, 0.29) is 11.9 Å². The summed E-state index contributed by atoms with van der Waals surface area (Å²) in [4.78, 5) is 14.4. The average Bonchev–Trinajstić information content (AvgIpc) is 2.30. The van der Waals surface area contributed by atoms with Gasteiger partial charge in [-0.3, -0.25) is 4.79 Å². The van der Waals surface area contributed by atoms with E-state index < -0.39 is 0 Å². The van der Waals surface area contributed by atoms with E-state index >= 15 is 0 Å². The highest BCUT2D eigenvalue weighted by Gasteiger charge is 2.17. The monoisotopic (exact) mass is 297 g/mol. The molecule has 0 aromatic heterocycles. The van der Waals surface area contributed by atoms with Crippen LogP contribution in [0.25, 0.3) is 0 Å². The van der Waals surface area contributed by atoms with Crippen molar-refractivity contribution < 1.29 is 4.79 Å². The summed E-state index contributed by atoms with van der Waals surface area (Å²) in [7, 11) is 3.99. The first-order valence-corrected chi connectivity index (χ1v) is 7.18. The first-order valence-electron chi connectivity index (χ1n) is 6.80. The second-order valence-electron chi connectivity index (χ2n) is 5.79. The van der Waals surface area contributed by atoms with E-state index in [1.165, 1.54) is 0 Å². The van der Waals surface area contributed by atoms with E-state index in [1.807, 2.05) is 14.1 Å². The standard InChI is InChI=1S/C15H24ClN3O/c1-10(2)7-12(9-19(3)4)18-15(20)13-8-11(16)5-6-14(13)17/h5-6,8,10,12H,7,9,17H2,1-4H3,(H,18,20). The molecular weight excluding hydrogens is 274 g/mol. The van der Waals surface area contributed by atoms with Crippen molar-refractivity contribution in [3.05, 3.63) is 28.8 Å². The number of nitrogens with two attached hydrogens (primary N) is 1. The third-order valence-electron chi connectivity index (χ3n) is 2.94. The van der Waals surface area contributed by atoms with Crippen LogP contribution in [0.5, 0.6) is 0 Å². The quantitative estimate of drug-likeness (QED) is 0.794. The highest BCUT2D eigenvalue weighted by atomic mass is 35.5. The summed E-state index contributed by atoms with van der Waals surface area (Å²) in [6, 6.07) is 5.03. The Morgan fingerprint density at radius 1 is 1.40 bits per heavy atom. The van der Waals surface area contributed by atoms with E-state index in [9.17, 15) is 4.79 Å². The summed E-state index contributed by atoms with van der Waals surface area (Å²) in [5.74, 6) is 0.342. The van der Waals surface area contributed by atoms with Crippen LogP contribution in [0.2, 0.25) is 5.02 Å². The van der Waals surface area contributed by atoms with Crippen molar-refractivity contribution >= 4 is 23.2 Å². The molecule has 0 heterocycles. The number of hydrogen-bond donors (Lipinski definition) is 2. The molecule has 3 N–H and O–H groups in total. The minimum atomic E-state index is -0.169. The summed E-state index contributed by atoms with van der Waals surface area (Å²) >= 11 is 5.92. The van der Waals surface area contributed by atoms with Crippen LogP contribution in [0.4, 0.5) is 5.69 Å². The number of nitrogens with zero attached hydrogens (tertiary/aromatic N) is 1. The molecule has 0 radical (unpaired) electrons. The van der Waals surface area contributed by atoms with Gasteiger partial charge in [0.2, 0.25) is 0 Å². The third-order valence-corrected chi connectivity index (χ3v) is 3.17. The first kappa shape index (κ1) is 16.8. The topological polar surface area (TPSA) is 58.4 Å². The normalized spacial score (nSPS) is 12.8. The van der Waals surface area contributed by atoms with E-state index in [0.29, 0.717) is 22.2 Å². The zero-order valence-corrected chi connectivity index (χ0v) is 13.4. The van der Waals surface area contributed by atoms with Crippen LogP contribution in [-0.4, -0.2) is 37.5 Å². The van der Waals surface area contributed by atoms with Gasteiger partial charge in [-0.25, -0.2) is 0 Å². The number of nitrogens with one attached hydrogen (secondary N) is 1. The fourth-order valence-corrected chi connectivity index (χ4v) is 2.35. The molecule has 1 aromatic rings. The fraction of sp³-hybridized carbons (Fsp3) is 0.533. The van der Waals surface area contributed by atoms with Crippen LogP contribution < -0.4 is 11.1 Å². The SMILES string of the molecule is CC(C)CC(CN(C)C)NC(=O)c1cc(Cl)ccc1N. The van der Waals surface area contributed by atoms with Crippen molar-refractivity contribution in [3.8, 4) is 0 Å². The zero-order valence-electron chi connectivity index (χ0n) is 12.6. The van der Waals surface area contributed by atoms with Gasteiger partial charge in [-0.1, -0.05) is 25.4 Å². The maximum Gasteiger partial charge on any atom is 0.253 e. The predicted molar refractivity (Wildman–Crippen MR) is 85.1 cm³/mol. The lowest BCUT2D eigenvalue weighted by molar-refractivity contribution is 0.0925. The van der Waals surface area contributed by atoms with Crippen molar-refractivity contribution in [1.82, 2.24) is 10.2 Å². The molecule has 0 bridgehead atoms. The van der Waals surface area contributed by atoms with Gasteiger partial charge in [0.25, 0.3) is 5.91 Å². The molecule has 0 aliphatic carbocycles. The zero-order chi connectivity index (χ0) is 15.3. The highest BCUT2D eigenvalue weighted by Crippen LogP contribution is 2.18. The lowest BCUT2D eigenvalue weighted by Crippen LogP contribution is -2.42. The number of halogens is 1. The molecule has 0 fully saturated rings. The summed E-state index contributed by atoms with van der Waals surface area (Å²) < 4.78 is 0. The highest BCUT2D eigenvalue weighted by molar-refractivity contribution is 6.31. The minimum absolute atomic E-state index is 0.0934. The summed E-state index contributed by atoms with van der Waals surface area (Å²) in [6.07, 6.45) is 0.921. The molecule has 20 heavy (non-hydrogen) atoms. The molecule has 1 atom stereocenters. The number of nitrogen functional groups attached to an aromatic ring is 1. The molecule has 1 unspecified atom stereocenters. The van der Waals surface area contributed by atoms with Gasteiger partial charge in [0.05, 0.1) is 5.56 Å². The average molecular weight is 298 g/mol. The molecule has 4 nitrogen and oxygen atoms in total. The van der Waals surface area contributed by atoms with E-state index in [1.54, 1.807) is 18.2 Å². The Kier molecular flexibility index (Phi) is 6.30. The van der Waals surface area contributed by atoms with Gasteiger partial charge < -0.3 is 16.0 Å². The minimum Gasteiger partial charge on any atom is -0.398 e. The van der Waals surface area contributed by atoms with Crippen LogP contribution in [0.3, 0.4) is 0 Å². The van der Waals surface area contributed by atoms with Gasteiger partial charge in [0.15, 0.2) is 0 Å². The summed E-state index contributed by atoms with van der Waals surface area (Å²) in [6.45, 7) is 5.08. The predicted octanol–water partition coefficient (Wildman–Crippen LogP) is 2.63. The maximum atomic E-state index is 12.3. The lowest BCUT2D eigenvalue weighted by Gasteiger charge is -2.24. The number of benzene rings is 1. The molecule has 112 valence electrons. The van der Waals surface area contributed by atoms with Gasteiger partial charge in [-0.05, 0) is 44.6 Å². The number of carbonyl (C=O) groups excluding carboxylic acids is 1. The number of rotatable bonds is 6. The Hall–Kier alpha value is -1.26. The summed E-state index contributed by atoms with van der Waals surface area (Å²) in [5.41, 5.74) is 6.72. The van der Waals surface area contributed by atoms with Gasteiger partial charge >= 0.3 is 0 Å². The van der Waals surface area contributed by atoms with Crippen molar-refractivity contribution in [1.29, 1.82) is 0 Å². The molecule has 0 spiro atoms. The second kappa shape index (κ2) is 7.50. The van der Waals surface area contributed by atoms with Crippen LogP contribution >= 0.6 is 11.6 Å².